The number of ether oxygens (including phenoxy) is 1. The van der Waals surface area contributed by atoms with Crippen LogP contribution in [-0.2, 0) is 4.74 Å². The summed E-state index contributed by atoms with van der Waals surface area (Å²) in [4.78, 5) is 19.3. The first-order valence-corrected chi connectivity index (χ1v) is 8.43. The fourth-order valence-corrected chi connectivity index (χ4v) is 3.27. The van der Waals surface area contributed by atoms with Crippen LogP contribution in [0.25, 0.3) is 0 Å². The predicted molar refractivity (Wildman–Crippen MR) is 90.5 cm³/mol. The third kappa shape index (κ3) is 3.98. The molecule has 0 atom stereocenters. The molecule has 2 heterocycles. The third-order valence-corrected chi connectivity index (χ3v) is 4.77. The molecule has 5 heteroatoms. The molecular weight excluding hydrogens is 308 g/mol. The zero-order chi connectivity index (χ0) is 16.1. The molecule has 1 aliphatic rings. The van der Waals surface area contributed by atoms with Crippen molar-refractivity contribution in [3.05, 3.63) is 52.0 Å². The van der Waals surface area contributed by atoms with Crippen molar-refractivity contribution in [3.63, 3.8) is 0 Å². The Bertz CT molecular complexity index is 722. The van der Waals surface area contributed by atoms with E-state index in [0.717, 1.165) is 31.5 Å². The minimum absolute atomic E-state index is 0.0461. The molecule has 0 saturated carbocycles. The van der Waals surface area contributed by atoms with E-state index >= 15 is 0 Å². The van der Waals surface area contributed by atoms with E-state index in [-0.39, 0.29) is 12.0 Å². The average molecular weight is 326 g/mol. The van der Waals surface area contributed by atoms with Gasteiger partial charge in [-0.25, -0.2) is 4.98 Å². The number of methoxy groups -OCH3 is 1. The molecule has 1 aromatic heterocycles. The fourth-order valence-electron chi connectivity index (χ4n) is 2.53. The summed E-state index contributed by atoms with van der Waals surface area (Å²) in [6, 6.07) is 9.76. The normalized spacial score (nSPS) is 15.1. The van der Waals surface area contributed by atoms with Crippen LogP contribution in [0.1, 0.15) is 33.1 Å². The minimum Gasteiger partial charge on any atom is -0.381 e. The highest BCUT2D eigenvalue weighted by Crippen LogP contribution is 2.19. The minimum atomic E-state index is 0.0461. The first-order chi connectivity index (χ1) is 11.3. The summed E-state index contributed by atoms with van der Waals surface area (Å²) in [6.45, 7) is 1.47. The number of likely N-dealkylation sites (tertiary alicyclic amines) is 1. The molecule has 4 nitrogen and oxygen atoms in total. The summed E-state index contributed by atoms with van der Waals surface area (Å²) in [5, 5.41) is 0.670. The van der Waals surface area contributed by atoms with E-state index in [1.165, 1.54) is 11.3 Å². The monoisotopic (exact) mass is 326 g/mol. The zero-order valence-corrected chi connectivity index (χ0v) is 13.8. The molecule has 0 spiro atoms. The van der Waals surface area contributed by atoms with E-state index in [0.29, 0.717) is 9.88 Å². The average Bonchev–Trinajstić information content (AvgIpc) is 3.09. The Hall–Kier alpha value is -2.16. The smallest absolute Gasteiger partial charge is 0.265 e. The molecule has 1 saturated heterocycles. The number of carbonyl (C=O) groups is 1. The number of rotatable bonds is 2. The van der Waals surface area contributed by atoms with E-state index in [2.05, 4.69) is 16.8 Å². The van der Waals surface area contributed by atoms with E-state index in [4.69, 9.17) is 4.74 Å². The van der Waals surface area contributed by atoms with Gasteiger partial charge in [-0.15, -0.1) is 11.3 Å². The SMILES string of the molecule is COC1CCN(C(=O)c2cnc(C#Cc3ccccc3)s2)CC1. The Morgan fingerprint density at radius 3 is 2.70 bits per heavy atom. The Labute approximate surface area is 140 Å². The molecule has 0 bridgehead atoms. The van der Waals surface area contributed by atoms with Gasteiger partial charge >= 0.3 is 0 Å². The summed E-state index contributed by atoms with van der Waals surface area (Å²) in [5.74, 6) is 6.13. The van der Waals surface area contributed by atoms with Gasteiger partial charge in [0.15, 0.2) is 5.01 Å². The van der Waals surface area contributed by atoms with Gasteiger partial charge in [-0.2, -0.15) is 0 Å². The molecule has 1 amide bonds. The van der Waals surface area contributed by atoms with Crippen LogP contribution >= 0.6 is 11.3 Å². The van der Waals surface area contributed by atoms with Crippen molar-refractivity contribution in [2.45, 2.75) is 18.9 Å². The number of aromatic nitrogens is 1. The first-order valence-electron chi connectivity index (χ1n) is 7.61. The number of piperidine rings is 1. The van der Waals surface area contributed by atoms with Gasteiger partial charge in [-0.3, -0.25) is 4.79 Å². The summed E-state index contributed by atoms with van der Waals surface area (Å²) in [5.41, 5.74) is 0.942. The topological polar surface area (TPSA) is 42.4 Å². The highest BCUT2D eigenvalue weighted by atomic mass is 32.1. The van der Waals surface area contributed by atoms with Gasteiger partial charge in [-0.1, -0.05) is 24.1 Å². The van der Waals surface area contributed by atoms with Crippen molar-refractivity contribution in [3.8, 4) is 11.8 Å². The van der Waals surface area contributed by atoms with Crippen molar-refractivity contribution >= 4 is 17.2 Å². The van der Waals surface area contributed by atoms with Gasteiger partial charge in [0.1, 0.15) is 4.88 Å². The highest BCUT2D eigenvalue weighted by Gasteiger charge is 2.24. The number of hydrogen-bond donors (Lipinski definition) is 0. The van der Waals surface area contributed by atoms with Crippen LogP contribution in [0.15, 0.2) is 36.5 Å². The highest BCUT2D eigenvalue weighted by molar-refractivity contribution is 7.14. The molecule has 23 heavy (non-hydrogen) atoms. The lowest BCUT2D eigenvalue weighted by Gasteiger charge is -2.30. The van der Waals surface area contributed by atoms with Gasteiger partial charge < -0.3 is 9.64 Å². The molecular formula is C18H18N2O2S. The molecule has 0 aliphatic carbocycles. The maximum Gasteiger partial charge on any atom is 0.265 e. The number of thiazole rings is 1. The van der Waals surface area contributed by atoms with E-state index < -0.39 is 0 Å². The second kappa shape index (κ2) is 7.40. The van der Waals surface area contributed by atoms with Crippen molar-refractivity contribution in [2.75, 3.05) is 20.2 Å². The lowest BCUT2D eigenvalue weighted by atomic mass is 10.1. The van der Waals surface area contributed by atoms with Crippen molar-refractivity contribution < 1.29 is 9.53 Å². The Morgan fingerprint density at radius 1 is 1.26 bits per heavy atom. The number of benzene rings is 1. The van der Waals surface area contributed by atoms with Crippen molar-refractivity contribution in [1.29, 1.82) is 0 Å². The number of carbonyl (C=O) groups excluding carboxylic acids is 1. The summed E-state index contributed by atoms with van der Waals surface area (Å²) >= 11 is 1.35. The predicted octanol–water partition coefficient (Wildman–Crippen LogP) is 2.79. The molecule has 0 unspecified atom stereocenters. The van der Waals surface area contributed by atoms with Gasteiger partial charge in [0.25, 0.3) is 5.91 Å². The van der Waals surface area contributed by atoms with Crippen LogP contribution in [0.5, 0.6) is 0 Å². The second-order valence-electron chi connectivity index (χ2n) is 5.37. The molecule has 0 radical (unpaired) electrons. The molecule has 1 fully saturated rings. The van der Waals surface area contributed by atoms with Crippen molar-refractivity contribution in [1.82, 2.24) is 9.88 Å². The van der Waals surface area contributed by atoms with Crippen LogP contribution in [-0.4, -0.2) is 42.1 Å². The fraction of sp³-hybridized carbons (Fsp3) is 0.333. The standard InChI is InChI=1S/C18H18N2O2S/c1-22-15-9-11-20(12-10-15)18(21)16-13-19-17(23-16)8-7-14-5-3-2-4-6-14/h2-6,13,15H,9-12H2,1H3. The molecule has 1 aromatic carbocycles. The largest absolute Gasteiger partial charge is 0.381 e. The number of nitrogens with zero attached hydrogens (tertiary/aromatic N) is 2. The summed E-state index contributed by atoms with van der Waals surface area (Å²) in [6.07, 6.45) is 3.68. The summed E-state index contributed by atoms with van der Waals surface area (Å²) < 4.78 is 5.34. The second-order valence-corrected chi connectivity index (χ2v) is 6.40. The Morgan fingerprint density at radius 2 is 2.00 bits per heavy atom. The lowest BCUT2D eigenvalue weighted by Crippen LogP contribution is -2.40. The molecule has 1 aliphatic heterocycles. The molecule has 3 rings (SSSR count). The quantitative estimate of drug-likeness (QED) is 0.797. The van der Waals surface area contributed by atoms with Crippen molar-refractivity contribution in [2.24, 2.45) is 0 Å². The van der Waals surface area contributed by atoms with E-state index in [9.17, 15) is 4.79 Å². The Balaban J connectivity index is 1.65. The molecule has 2 aromatic rings. The maximum absolute atomic E-state index is 12.5. The first kappa shape index (κ1) is 15.7. The van der Waals surface area contributed by atoms with Gasteiger partial charge in [-0.05, 0) is 30.9 Å². The van der Waals surface area contributed by atoms with E-state index in [1.807, 2.05) is 35.2 Å². The number of amides is 1. The van der Waals surface area contributed by atoms with Crippen LogP contribution in [0.4, 0.5) is 0 Å². The summed E-state index contributed by atoms with van der Waals surface area (Å²) in [7, 11) is 1.73. The Kier molecular flexibility index (Phi) is 5.06. The van der Waals surface area contributed by atoms with Crippen LogP contribution in [0.3, 0.4) is 0 Å². The molecule has 0 N–H and O–H groups in total. The van der Waals surface area contributed by atoms with Crippen LogP contribution < -0.4 is 0 Å². The lowest BCUT2D eigenvalue weighted by molar-refractivity contribution is 0.0353. The van der Waals surface area contributed by atoms with E-state index in [1.54, 1.807) is 13.3 Å². The number of hydrogen-bond acceptors (Lipinski definition) is 4. The van der Waals surface area contributed by atoms with Crippen LogP contribution in [0, 0.1) is 11.8 Å². The third-order valence-electron chi connectivity index (χ3n) is 3.87. The van der Waals surface area contributed by atoms with Gasteiger partial charge in [0.2, 0.25) is 0 Å². The van der Waals surface area contributed by atoms with Crippen LogP contribution in [0.2, 0.25) is 0 Å². The molecule has 118 valence electrons. The van der Waals surface area contributed by atoms with Gasteiger partial charge in [0, 0.05) is 25.8 Å². The zero-order valence-electron chi connectivity index (χ0n) is 13.0. The van der Waals surface area contributed by atoms with Gasteiger partial charge in [0.05, 0.1) is 12.3 Å². The maximum atomic E-state index is 12.5.